The molecule has 1 heterocycles. The zero-order valence-corrected chi connectivity index (χ0v) is 17.2. The smallest absolute Gasteiger partial charge is 0.406 e. The Morgan fingerprint density at radius 1 is 1.10 bits per heavy atom. The highest BCUT2D eigenvalue weighted by atomic mass is 35.5. The van der Waals surface area contributed by atoms with Crippen LogP contribution in [0, 0.1) is 0 Å². The van der Waals surface area contributed by atoms with E-state index in [1.54, 1.807) is 25.1 Å². The van der Waals surface area contributed by atoms with Gasteiger partial charge in [-0.2, -0.15) is 4.98 Å². The standard InChI is InChI=1S/C21H20ClF3N4O2/c1-13(12-30)27-20-28-18(15-5-3-7-17(9-15)31-21(23,24)25)10-19(29-20)26-11-14-4-2-6-16(22)8-14/h2-10,13,30H,11-12H2,1H3,(H2,26,27,28,29)/t13-/m0/s1. The second-order valence-corrected chi connectivity index (χ2v) is 7.19. The fourth-order valence-corrected chi connectivity index (χ4v) is 2.92. The molecule has 1 aromatic heterocycles. The summed E-state index contributed by atoms with van der Waals surface area (Å²) in [5, 5.41) is 16.0. The number of alkyl halides is 3. The molecule has 0 saturated heterocycles. The van der Waals surface area contributed by atoms with E-state index in [4.69, 9.17) is 11.6 Å². The number of aromatic nitrogens is 2. The van der Waals surface area contributed by atoms with E-state index in [2.05, 4.69) is 25.3 Å². The van der Waals surface area contributed by atoms with E-state index in [1.165, 1.54) is 18.2 Å². The lowest BCUT2D eigenvalue weighted by atomic mass is 10.1. The maximum absolute atomic E-state index is 12.6. The number of aliphatic hydroxyl groups is 1. The summed E-state index contributed by atoms with van der Waals surface area (Å²) in [7, 11) is 0. The van der Waals surface area contributed by atoms with E-state index in [0.717, 1.165) is 5.56 Å². The minimum atomic E-state index is -4.79. The highest BCUT2D eigenvalue weighted by molar-refractivity contribution is 6.30. The first kappa shape index (κ1) is 22.6. The number of nitrogens with one attached hydrogen (secondary N) is 2. The summed E-state index contributed by atoms with van der Waals surface area (Å²) in [4.78, 5) is 8.74. The van der Waals surface area contributed by atoms with Crippen LogP contribution in [0.5, 0.6) is 5.75 Å². The monoisotopic (exact) mass is 452 g/mol. The van der Waals surface area contributed by atoms with Crippen LogP contribution < -0.4 is 15.4 Å². The molecule has 0 aliphatic carbocycles. The van der Waals surface area contributed by atoms with Crippen LogP contribution in [0.4, 0.5) is 24.9 Å². The summed E-state index contributed by atoms with van der Waals surface area (Å²) in [6.07, 6.45) is -4.79. The maximum Gasteiger partial charge on any atom is 0.573 e. The summed E-state index contributed by atoms with van der Waals surface area (Å²) in [6.45, 7) is 2.02. The third-order valence-corrected chi connectivity index (χ3v) is 4.34. The molecule has 0 bridgehead atoms. The van der Waals surface area contributed by atoms with E-state index in [9.17, 15) is 18.3 Å². The first-order chi connectivity index (χ1) is 14.7. The van der Waals surface area contributed by atoms with E-state index in [-0.39, 0.29) is 24.3 Å². The highest BCUT2D eigenvalue weighted by Gasteiger charge is 2.31. The third kappa shape index (κ3) is 7.01. The van der Waals surface area contributed by atoms with Crippen LogP contribution in [-0.2, 0) is 6.54 Å². The van der Waals surface area contributed by atoms with Crippen LogP contribution >= 0.6 is 11.6 Å². The minimum absolute atomic E-state index is 0.145. The number of anilines is 2. The Hall–Kier alpha value is -3.04. The Kier molecular flexibility index (Phi) is 7.19. The molecule has 0 amide bonds. The van der Waals surface area contributed by atoms with Gasteiger partial charge in [-0.15, -0.1) is 13.2 Å². The van der Waals surface area contributed by atoms with Crippen molar-refractivity contribution in [2.45, 2.75) is 25.9 Å². The van der Waals surface area contributed by atoms with Gasteiger partial charge in [0.1, 0.15) is 11.6 Å². The van der Waals surface area contributed by atoms with Gasteiger partial charge in [0.15, 0.2) is 0 Å². The van der Waals surface area contributed by atoms with Crippen molar-refractivity contribution in [3.05, 3.63) is 65.2 Å². The predicted molar refractivity (Wildman–Crippen MR) is 113 cm³/mol. The van der Waals surface area contributed by atoms with Gasteiger partial charge < -0.3 is 20.5 Å². The molecule has 0 aliphatic heterocycles. The summed E-state index contributed by atoms with van der Waals surface area (Å²) in [5.41, 5.74) is 1.71. The molecule has 1 atom stereocenters. The first-order valence-electron chi connectivity index (χ1n) is 9.33. The van der Waals surface area contributed by atoms with E-state index in [1.807, 2.05) is 18.2 Å². The van der Waals surface area contributed by atoms with Crippen molar-refractivity contribution in [3.8, 4) is 17.0 Å². The number of nitrogens with zero attached hydrogens (tertiary/aromatic N) is 2. The zero-order valence-electron chi connectivity index (χ0n) is 16.4. The predicted octanol–water partition coefficient (Wildman–Crippen LogP) is 5.10. The van der Waals surface area contributed by atoms with Crippen LogP contribution in [0.15, 0.2) is 54.6 Å². The van der Waals surface area contributed by atoms with Gasteiger partial charge in [0, 0.05) is 29.2 Å². The SMILES string of the molecule is C[C@@H](CO)Nc1nc(NCc2cccc(Cl)c2)cc(-c2cccc(OC(F)(F)F)c2)n1. The fourth-order valence-electron chi connectivity index (χ4n) is 2.71. The van der Waals surface area contributed by atoms with Crippen LogP contribution in [0.25, 0.3) is 11.3 Å². The molecular weight excluding hydrogens is 433 g/mol. The van der Waals surface area contributed by atoms with Crippen molar-refractivity contribution in [1.29, 1.82) is 0 Å². The Labute approximate surface area is 182 Å². The van der Waals surface area contributed by atoms with E-state index >= 15 is 0 Å². The van der Waals surface area contributed by atoms with Crippen molar-refractivity contribution in [2.24, 2.45) is 0 Å². The van der Waals surface area contributed by atoms with Crippen LogP contribution in [-0.4, -0.2) is 34.1 Å². The Morgan fingerprint density at radius 3 is 2.58 bits per heavy atom. The quantitative estimate of drug-likeness (QED) is 0.441. The van der Waals surface area contributed by atoms with E-state index in [0.29, 0.717) is 28.6 Å². The van der Waals surface area contributed by atoms with Gasteiger partial charge in [-0.1, -0.05) is 35.9 Å². The van der Waals surface area contributed by atoms with Crippen molar-refractivity contribution in [3.63, 3.8) is 0 Å². The first-order valence-corrected chi connectivity index (χ1v) is 9.70. The normalized spacial score (nSPS) is 12.3. The van der Waals surface area contributed by atoms with E-state index < -0.39 is 6.36 Å². The number of benzene rings is 2. The number of hydrogen-bond donors (Lipinski definition) is 3. The number of halogens is 4. The van der Waals surface area contributed by atoms with Gasteiger partial charge in [0.25, 0.3) is 0 Å². The van der Waals surface area contributed by atoms with Gasteiger partial charge in [-0.05, 0) is 36.8 Å². The van der Waals surface area contributed by atoms with Crippen molar-refractivity contribution in [2.75, 3.05) is 17.2 Å². The molecule has 6 nitrogen and oxygen atoms in total. The summed E-state index contributed by atoms with van der Waals surface area (Å²) in [6, 6.07) is 14.1. The molecule has 0 aliphatic rings. The number of ether oxygens (including phenoxy) is 1. The largest absolute Gasteiger partial charge is 0.573 e. The molecule has 0 unspecified atom stereocenters. The lowest BCUT2D eigenvalue weighted by Crippen LogP contribution is -2.21. The van der Waals surface area contributed by atoms with Crippen LogP contribution in [0.2, 0.25) is 5.02 Å². The number of aliphatic hydroxyl groups excluding tert-OH is 1. The molecule has 0 spiro atoms. The molecule has 3 N–H and O–H groups in total. The number of rotatable bonds is 8. The number of hydrogen-bond acceptors (Lipinski definition) is 6. The highest BCUT2D eigenvalue weighted by Crippen LogP contribution is 2.29. The van der Waals surface area contributed by atoms with Crippen molar-refractivity contribution >= 4 is 23.4 Å². The topological polar surface area (TPSA) is 79.3 Å². The summed E-state index contributed by atoms with van der Waals surface area (Å²) < 4.78 is 41.7. The fraction of sp³-hybridized carbons (Fsp3) is 0.238. The molecule has 3 rings (SSSR count). The summed E-state index contributed by atoms with van der Waals surface area (Å²) in [5.74, 6) is 0.310. The van der Waals surface area contributed by atoms with Crippen molar-refractivity contribution in [1.82, 2.24) is 9.97 Å². The Balaban J connectivity index is 1.90. The van der Waals surface area contributed by atoms with Gasteiger partial charge >= 0.3 is 6.36 Å². The molecule has 0 saturated carbocycles. The molecular formula is C21H20ClF3N4O2. The Bertz CT molecular complexity index is 1030. The van der Waals surface area contributed by atoms with Gasteiger partial charge in [0.2, 0.25) is 5.95 Å². The van der Waals surface area contributed by atoms with Crippen LogP contribution in [0.3, 0.4) is 0 Å². The van der Waals surface area contributed by atoms with Gasteiger partial charge in [-0.25, -0.2) is 4.98 Å². The maximum atomic E-state index is 12.6. The molecule has 2 aromatic carbocycles. The molecule has 3 aromatic rings. The molecule has 0 fully saturated rings. The zero-order chi connectivity index (χ0) is 22.4. The van der Waals surface area contributed by atoms with Crippen molar-refractivity contribution < 1.29 is 23.0 Å². The second-order valence-electron chi connectivity index (χ2n) is 6.75. The third-order valence-electron chi connectivity index (χ3n) is 4.10. The lowest BCUT2D eigenvalue weighted by Gasteiger charge is -2.15. The minimum Gasteiger partial charge on any atom is -0.406 e. The summed E-state index contributed by atoms with van der Waals surface area (Å²) >= 11 is 6.01. The van der Waals surface area contributed by atoms with Crippen LogP contribution in [0.1, 0.15) is 12.5 Å². The Morgan fingerprint density at radius 2 is 1.87 bits per heavy atom. The molecule has 10 heteroatoms. The molecule has 0 radical (unpaired) electrons. The van der Waals surface area contributed by atoms with Gasteiger partial charge in [-0.3, -0.25) is 0 Å². The second kappa shape index (κ2) is 9.84. The average Bonchev–Trinajstić information content (AvgIpc) is 2.71. The molecule has 164 valence electrons. The molecule has 31 heavy (non-hydrogen) atoms. The van der Waals surface area contributed by atoms with Gasteiger partial charge in [0.05, 0.1) is 12.3 Å². The lowest BCUT2D eigenvalue weighted by molar-refractivity contribution is -0.274. The average molecular weight is 453 g/mol.